The Balaban J connectivity index is 1.33. The van der Waals surface area contributed by atoms with Crippen molar-refractivity contribution in [1.82, 2.24) is 20.7 Å². The summed E-state index contributed by atoms with van der Waals surface area (Å²) in [5.74, 6) is -2.19. The summed E-state index contributed by atoms with van der Waals surface area (Å²) in [5, 5.41) is 21.8. The molecule has 0 saturated carbocycles. The Bertz CT molecular complexity index is 1810. The molecule has 0 spiro atoms. The van der Waals surface area contributed by atoms with Crippen LogP contribution in [0, 0.1) is 0 Å². The van der Waals surface area contributed by atoms with E-state index in [1.54, 1.807) is 6.07 Å². The summed E-state index contributed by atoms with van der Waals surface area (Å²) in [6, 6.07) is 4.42. The van der Waals surface area contributed by atoms with E-state index in [2.05, 4.69) is 25.1 Å². The smallest absolute Gasteiger partial charge is 0.418 e. The molecule has 49 heavy (non-hydrogen) atoms. The van der Waals surface area contributed by atoms with Crippen LogP contribution >= 0.6 is 11.3 Å². The van der Waals surface area contributed by atoms with Crippen LogP contribution in [0.25, 0.3) is 0 Å². The summed E-state index contributed by atoms with van der Waals surface area (Å²) >= 11 is 0.971. The largest absolute Gasteiger partial charge is 0.485 e. The molecular formula is C29H38N8O10S2. The van der Waals surface area contributed by atoms with Gasteiger partial charge in [0.25, 0.3) is 17.4 Å². The summed E-state index contributed by atoms with van der Waals surface area (Å²) in [7, 11) is -5.02. The molecule has 5 atom stereocenters. The van der Waals surface area contributed by atoms with Crippen molar-refractivity contribution in [3.8, 4) is 5.75 Å². The van der Waals surface area contributed by atoms with Crippen LogP contribution in [0.3, 0.4) is 0 Å². The van der Waals surface area contributed by atoms with Gasteiger partial charge in [-0.2, -0.15) is 13.5 Å². The molecule has 0 unspecified atom stereocenters. The van der Waals surface area contributed by atoms with E-state index >= 15 is 0 Å². The number of hydrogen-bond acceptors (Lipinski definition) is 15. The molecule has 4 heterocycles. The lowest BCUT2D eigenvalue weighted by atomic mass is 9.84. The number of nitrogens with zero attached hydrogens (tertiary/aromatic N) is 4. The monoisotopic (exact) mass is 722 g/mol. The molecule has 8 N–H and O–H groups in total. The molecule has 1 fully saturated rings. The molecular weight excluding hydrogens is 684 g/mol. The quantitative estimate of drug-likeness (QED) is 0.0706. The first-order valence-electron chi connectivity index (χ1n) is 15.3. The topological polar surface area (TPSA) is 270 Å². The van der Waals surface area contributed by atoms with Crippen LogP contribution in [0.4, 0.5) is 5.13 Å². The summed E-state index contributed by atoms with van der Waals surface area (Å²) in [5.41, 5.74) is 9.27. The molecule has 1 aromatic heterocycles. The molecule has 18 nitrogen and oxygen atoms in total. The number of aromatic nitrogens is 1. The van der Waals surface area contributed by atoms with Crippen LogP contribution in [-0.2, 0) is 40.3 Å². The van der Waals surface area contributed by atoms with Crippen molar-refractivity contribution >= 4 is 56.2 Å². The molecule has 5 rings (SSSR count). The first kappa shape index (κ1) is 35.9. The minimum atomic E-state index is -5.02. The second-order valence-corrected chi connectivity index (χ2v) is 14.6. The number of hydrogen-bond donors (Lipinski definition) is 6. The highest BCUT2D eigenvalue weighted by Gasteiger charge is 2.58. The highest BCUT2D eigenvalue weighted by atomic mass is 32.3. The van der Waals surface area contributed by atoms with Crippen LogP contribution in [0.1, 0.15) is 63.8 Å². The average molecular weight is 723 g/mol. The zero-order chi connectivity index (χ0) is 35.9. The number of benzene rings is 1. The van der Waals surface area contributed by atoms with Gasteiger partial charge in [0.15, 0.2) is 16.9 Å². The van der Waals surface area contributed by atoms with Gasteiger partial charge >= 0.3 is 16.4 Å². The summed E-state index contributed by atoms with van der Waals surface area (Å²) in [6.07, 6.45) is 1.38. The van der Waals surface area contributed by atoms with Crippen molar-refractivity contribution in [1.29, 1.82) is 0 Å². The number of aliphatic carboxylic acids is 1. The van der Waals surface area contributed by atoms with Crippen LogP contribution in [0.2, 0.25) is 0 Å². The predicted molar refractivity (Wildman–Crippen MR) is 176 cm³/mol. The van der Waals surface area contributed by atoms with Gasteiger partial charge in [-0.05, 0) is 77.1 Å². The number of carboxylic acid groups (broad SMARTS) is 1. The number of rotatable bonds is 13. The third-order valence-corrected chi connectivity index (χ3v) is 9.53. The van der Waals surface area contributed by atoms with E-state index in [0.717, 1.165) is 47.7 Å². The highest BCUT2D eigenvalue weighted by molar-refractivity contribution is 7.80. The molecule has 0 bridgehead atoms. The Morgan fingerprint density at radius 2 is 2.10 bits per heavy atom. The van der Waals surface area contributed by atoms with Crippen LogP contribution in [-0.4, -0.2) is 99.4 Å². The normalized spacial score (nSPS) is 23.6. The number of amides is 2. The van der Waals surface area contributed by atoms with Gasteiger partial charge in [-0.15, -0.1) is 15.6 Å². The zero-order valence-corrected chi connectivity index (χ0v) is 28.7. The third-order valence-electron chi connectivity index (χ3n) is 8.52. The molecule has 20 heteroatoms. The van der Waals surface area contributed by atoms with Crippen molar-refractivity contribution in [2.75, 3.05) is 12.3 Å². The number of aryl methyl sites for hydroxylation is 1. The second-order valence-electron chi connectivity index (χ2n) is 12.7. The molecule has 0 radical (unpaired) electrons. The lowest BCUT2D eigenvalue weighted by Crippen LogP contribution is -2.76. The average Bonchev–Trinajstić information content (AvgIpc) is 3.69. The van der Waals surface area contributed by atoms with E-state index in [-0.39, 0.29) is 29.3 Å². The number of amidine groups is 1. The first-order chi connectivity index (χ1) is 22.9. The van der Waals surface area contributed by atoms with Gasteiger partial charge in [-0.3, -0.25) is 19.1 Å². The number of aliphatic imine (C=N–C) groups is 1. The summed E-state index contributed by atoms with van der Waals surface area (Å²) in [6.45, 7) is 6.69. The Kier molecular flexibility index (Phi) is 9.90. The lowest BCUT2D eigenvalue weighted by molar-refractivity contribution is -0.218. The van der Waals surface area contributed by atoms with Crippen molar-refractivity contribution in [3.63, 3.8) is 0 Å². The standard InChI is InChI=1S/C29H38N8O10S2/c1-14(30)5-8-17-12-32-23(33-17)16-6-9-19-15(11-16)7-10-20(45-19)29(4,26(40)41)46-36-21(18-13-48-27(31)34-18)24(38)35-22-25(39)37(28(22,2)3)47-49(42,43)44/h6,9,11,13-14,17,20,22H,5,7-8,10,12,30H2,1-4H3,(H2,31,34)(H,32,33)(H,35,38)(H,40,41)(H,42,43,44)/b36-21-/t14-,17-,20+,22+,29-/m0/s1. The van der Waals surface area contributed by atoms with Crippen molar-refractivity contribution in [2.24, 2.45) is 15.9 Å². The first-order valence-corrected chi connectivity index (χ1v) is 17.5. The van der Waals surface area contributed by atoms with E-state index in [1.165, 1.54) is 26.2 Å². The highest BCUT2D eigenvalue weighted by Crippen LogP contribution is 2.36. The predicted octanol–water partition coefficient (Wildman–Crippen LogP) is 0.369. The maximum atomic E-state index is 13.5. The maximum Gasteiger partial charge on any atom is 0.418 e. The minimum absolute atomic E-state index is 0.0651. The number of fused-ring (bicyclic) bond motifs is 1. The Labute approximate surface area is 285 Å². The Morgan fingerprint density at radius 1 is 1.37 bits per heavy atom. The van der Waals surface area contributed by atoms with Gasteiger partial charge in [0.05, 0.1) is 11.6 Å². The summed E-state index contributed by atoms with van der Waals surface area (Å²) < 4.78 is 41.8. The number of ether oxygens (including phenoxy) is 1. The minimum Gasteiger partial charge on any atom is -0.485 e. The van der Waals surface area contributed by atoms with Gasteiger partial charge in [0, 0.05) is 23.5 Å². The molecule has 0 aliphatic carbocycles. The molecule has 3 aliphatic rings. The van der Waals surface area contributed by atoms with Crippen molar-refractivity contribution in [3.05, 3.63) is 40.4 Å². The molecule has 3 aliphatic heterocycles. The SMILES string of the molecule is C[C@H](N)CC[C@H]1CNC(c2ccc3c(c2)CC[C@H]([C@](C)(O/N=C(\C(=O)N[C@@H]2C(=O)N(OS(=O)(=O)O)C2(C)C)c2csc(N)n2)C(=O)O)O3)=N1. The number of nitrogens with two attached hydrogens (primary N) is 2. The third kappa shape index (κ3) is 7.62. The van der Waals surface area contributed by atoms with Gasteiger partial charge in [-0.25, -0.2) is 9.78 Å². The number of hydroxylamine groups is 2. The Hall–Kier alpha value is -4.37. The van der Waals surface area contributed by atoms with Crippen molar-refractivity contribution in [2.45, 2.75) is 88.7 Å². The lowest BCUT2D eigenvalue weighted by Gasteiger charge is -2.50. The zero-order valence-electron chi connectivity index (χ0n) is 27.1. The number of β-lactam (4-membered cyclic amide) rings is 1. The Morgan fingerprint density at radius 3 is 2.71 bits per heavy atom. The number of nitrogens with one attached hydrogen (secondary N) is 2. The number of carbonyl (C=O) groups is 3. The molecule has 2 amide bonds. The van der Waals surface area contributed by atoms with E-state index in [9.17, 15) is 27.9 Å². The van der Waals surface area contributed by atoms with Gasteiger partial charge in [0.2, 0.25) is 0 Å². The number of carbonyl (C=O) groups excluding carboxylic acids is 2. The fourth-order valence-electron chi connectivity index (χ4n) is 5.61. The molecule has 1 aromatic carbocycles. The molecule has 266 valence electrons. The van der Waals surface area contributed by atoms with E-state index in [1.807, 2.05) is 19.1 Å². The maximum absolute atomic E-state index is 13.5. The van der Waals surface area contributed by atoms with Crippen LogP contribution in [0.5, 0.6) is 5.75 Å². The number of oxime groups is 1. The number of thiazole rings is 1. The number of carboxylic acids is 1. The fourth-order valence-corrected chi connectivity index (χ4v) is 6.61. The summed E-state index contributed by atoms with van der Waals surface area (Å²) in [4.78, 5) is 53.2. The van der Waals surface area contributed by atoms with Crippen LogP contribution < -0.4 is 26.8 Å². The fraction of sp³-hybridized carbons (Fsp3) is 0.517. The number of nitrogen functional groups attached to an aromatic ring is 1. The molecule has 1 saturated heterocycles. The van der Waals surface area contributed by atoms with E-state index < -0.39 is 57.2 Å². The van der Waals surface area contributed by atoms with Crippen molar-refractivity contribution < 1.29 is 46.3 Å². The van der Waals surface area contributed by atoms with Crippen LogP contribution in [0.15, 0.2) is 33.7 Å². The number of anilines is 1. The van der Waals surface area contributed by atoms with E-state index in [4.69, 9.17) is 30.6 Å². The van der Waals surface area contributed by atoms with Gasteiger partial charge in [-0.1, -0.05) is 5.16 Å². The van der Waals surface area contributed by atoms with E-state index in [0.29, 0.717) is 17.2 Å². The second kappa shape index (κ2) is 13.5. The molecule has 2 aromatic rings. The van der Waals surface area contributed by atoms with Gasteiger partial charge in [0.1, 0.15) is 23.3 Å². The van der Waals surface area contributed by atoms with Gasteiger partial charge < -0.3 is 36.8 Å².